The van der Waals surface area contributed by atoms with Gasteiger partial charge in [0.15, 0.2) is 0 Å². The molecule has 4 heteroatoms. The van der Waals surface area contributed by atoms with E-state index in [-0.39, 0.29) is 5.91 Å². The Balaban J connectivity index is 1.69. The van der Waals surface area contributed by atoms with Crippen molar-refractivity contribution >= 4 is 22.9 Å². The lowest BCUT2D eigenvalue weighted by Gasteiger charge is -2.08. The molecule has 0 atom stereocenters. The van der Waals surface area contributed by atoms with Crippen molar-refractivity contribution in [3.63, 3.8) is 0 Å². The molecule has 2 aromatic rings. The summed E-state index contributed by atoms with van der Waals surface area (Å²) in [6.45, 7) is 3.86. The Kier molecular flexibility index (Phi) is 4.90. The summed E-state index contributed by atoms with van der Waals surface area (Å²) in [7, 11) is 0. The van der Waals surface area contributed by atoms with Crippen molar-refractivity contribution in [2.45, 2.75) is 39.2 Å². The molecule has 3 rings (SSSR count). The molecule has 0 fully saturated rings. The van der Waals surface area contributed by atoms with Crippen molar-refractivity contribution in [1.29, 1.82) is 0 Å². The molecule has 1 aliphatic carbocycles. The molecule has 0 unspecified atom stereocenters. The van der Waals surface area contributed by atoms with E-state index in [1.165, 1.54) is 28.8 Å². The zero-order chi connectivity index (χ0) is 15.4. The van der Waals surface area contributed by atoms with E-state index < -0.39 is 0 Å². The molecular formula is C18H22N2OS. The van der Waals surface area contributed by atoms with Crippen molar-refractivity contribution < 1.29 is 4.79 Å². The zero-order valence-electron chi connectivity index (χ0n) is 12.9. The molecule has 2 N–H and O–H groups in total. The van der Waals surface area contributed by atoms with Gasteiger partial charge in [-0.05, 0) is 61.6 Å². The third-order valence-corrected chi connectivity index (χ3v) is 5.22. The molecule has 1 amide bonds. The predicted octanol–water partition coefficient (Wildman–Crippen LogP) is 3.99. The third-order valence-electron chi connectivity index (χ3n) is 3.98. The normalized spacial score (nSPS) is 13.7. The Hall–Kier alpha value is -1.65. The van der Waals surface area contributed by atoms with Crippen LogP contribution in [-0.4, -0.2) is 12.5 Å². The standard InChI is InChI=1S/C18H22N2OS/c1-2-19-12-13-6-5-8-15(10-13)20-18(21)17-11-14-7-3-4-9-16(14)22-17/h5-6,8,10-11,19H,2-4,7,9,12H2,1H3,(H,20,21). The fourth-order valence-corrected chi connectivity index (χ4v) is 3.97. The zero-order valence-corrected chi connectivity index (χ0v) is 13.8. The van der Waals surface area contributed by atoms with E-state index in [9.17, 15) is 4.79 Å². The fourth-order valence-electron chi connectivity index (χ4n) is 2.82. The molecule has 0 saturated heterocycles. The van der Waals surface area contributed by atoms with Crippen molar-refractivity contribution in [3.8, 4) is 0 Å². The second-order valence-electron chi connectivity index (χ2n) is 5.70. The van der Waals surface area contributed by atoms with Crippen LogP contribution in [0.15, 0.2) is 30.3 Å². The van der Waals surface area contributed by atoms with E-state index >= 15 is 0 Å². The SMILES string of the molecule is CCNCc1cccc(NC(=O)c2cc3c(s2)CCCC3)c1. The van der Waals surface area contributed by atoms with E-state index in [2.05, 4.69) is 29.7 Å². The van der Waals surface area contributed by atoms with Crippen LogP contribution in [0.3, 0.4) is 0 Å². The summed E-state index contributed by atoms with van der Waals surface area (Å²) in [4.78, 5) is 14.7. The monoisotopic (exact) mass is 314 g/mol. The Morgan fingerprint density at radius 3 is 2.91 bits per heavy atom. The molecule has 1 aromatic carbocycles. The van der Waals surface area contributed by atoms with Gasteiger partial charge in [-0.3, -0.25) is 4.79 Å². The summed E-state index contributed by atoms with van der Waals surface area (Å²) in [5.41, 5.74) is 3.43. The number of nitrogens with one attached hydrogen (secondary N) is 2. The quantitative estimate of drug-likeness (QED) is 0.876. The molecule has 0 aliphatic heterocycles. The summed E-state index contributed by atoms with van der Waals surface area (Å²) >= 11 is 1.66. The summed E-state index contributed by atoms with van der Waals surface area (Å²) in [6, 6.07) is 10.1. The van der Waals surface area contributed by atoms with E-state index in [1.54, 1.807) is 11.3 Å². The Bertz CT molecular complexity index is 639. The van der Waals surface area contributed by atoms with Crippen LogP contribution in [0.2, 0.25) is 0 Å². The summed E-state index contributed by atoms with van der Waals surface area (Å²) < 4.78 is 0. The van der Waals surface area contributed by atoms with Gasteiger partial charge >= 0.3 is 0 Å². The Morgan fingerprint density at radius 1 is 1.23 bits per heavy atom. The number of thiophene rings is 1. The molecule has 0 spiro atoms. The molecule has 22 heavy (non-hydrogen) atoms. The van der Waals surface area contributed by atoms with Gasteiger partial charge in [0, 0.05) is 17.1 Å². The first-order valence-corrected chi connectivity index (χ1v) is 8.80. The van der Waals surface area contributed by atoms with Crippen LogP contribution in [0.1, 0.15) is 45.4 Å². The smallest absolute Gasteiger partial charge is 0.265 e. The molecule has 0 bridgehead atoms. The van der Waals surface area contributed by atoms with Gasteiger partial charge in [0.25, 0.3) is 5.91 Å². The lowest BCUT2D eigenvalue weighted by atomic mass is 9.99. The predicted molar refractivity (Wildman–Crippen MR) is 92.7 cm³/mol. The van der Waals surface area contributed by atoms with Crippen LogP contribution >= 0.6 is 11.3 Å². The number of aryl methyl sites for hydroxylation is 2. The Morgan fingerprint density at radius 2 is 2.09 bits per heavy atom. The highest BCUT2D eigenvalue weighted by Gasteiger charge is 2.17. The van der Waals surface area contributed by atoms with Gasteiger partial charge in [0.1, 0.15) is 0 Å². The number of benzene rings is 1. The molecule has 3 nitrogen and oxygen atoms in total. The molecule has 1 heterocycles. The number of amides is 1. The van der Waals surface area contributed by atoms with Crippen LogP contribution in [0.25, 0.3) is 0 Å². The number of hydrogen-bond donors (Lipinski definition) is 2. The highest BCUT2D eigenvalue weighted by atomic mass is 32.1. The number of fused-ring (bicyclic) bond motifs is 1. The average molecular weight is 314 g/mol. The van der Waals surface area contributed by atoms with Gasteiger partial charge in [0.2, 0.25) is 0 Å². The van der Waals surface area contributed by atoms with Crippen molar-refractivity contribution in [3.05, 3.63) is 51.2 Å². The number of rotatable bonds is 5. The van der Waals surface area contributed by atoms with Crippen molar-refractivity contribution in [2.24, 2.45) is 0 Å². The highest BCUT2D eigenvalue weighted by molar-refractivity contribution is 7.14. The first-order chi connectivity index (χ1) is 10.8. The third kappa shape index (κ3) is 3.57. The first kappa shape index (κ1) is 15.3. The molecule has 116 valence electrons. The summed E-state index contributed by atoms with van der Waals surface area (Å²) in [6.07, 6.45) is 4.75. The number of anilines is 1. The minimum absolute atomic E-state index is 0.0139. The maximum Gasteiger partial charge on any atom is 0.265 e. The van der Waals surface area contributed by atoms with Gasteiger partial charge in [-0.25, -0.2) is 0 Å². The number of carbonyl (C=O) groups is 1. The minimum atomic E-state index is 0.0139. The minimum Gasteiger partial charge on any atom is -0.321 e. The van der Waals surface area contributed by atoms with Crippen LogP contribution in [0.5, 0.6) is 0 Å². The number of carbonyl (C=O) groups excluding carboxylic acids is 1. The molecule has 1 aliphatic rings. The molecule has 0 radical (unpaired) electrons. The van der Waals surface area contributed by atoms with Gasteiger partial charge in [-0.15, -0.1) is 11.3 Å². The topological polar surface area (TPSA) is 41.1 Å². The second kappa shape index (κ2) is 7.07. The summed E-state index contributed by atoms with van der Waals surface area (Å²) in [5.74, 6) is 0.0139. The second-order valence-corrected chi connectivity index (χ2v) is 6.84. The van der Waals surface area contributed by atoms with Crippen molar-refractivity contribution in [1.82, 2.24) is 5.32 Å². The molecular weight excluding hydrogens is 292 g/mol. The van der Waals surface area contributed by atoms with Crippen LogP contribution in [-0.2, 0) is 19.4 Å². The largest absolute Gasteiger partial charge is 0.321 e. The average Bonchev–Trinajstić information content (AvgIpc) is 2.97. The van der Waals surface area contributed by atoms with Crippen molar-refractivity contribution in [2.75, 3.05) is 11.9 Å². The van der Waals surface area contributed by atoms with E-state index in [1.807, 2.05) is 18.2 Å². The van der Waals surface area contributed by atoms with Gasteiger partial charge in [-0.2, -0.15) is 0 Å². The lowest BCUT2D eigenvalue weighted by Crippen LogP contribution is -2.13. The maximum atomic E-state index is 12.4. The van der Waals surface area contributed by atoms with Crippen LogP contribution < -0.4 is 10.6 Å². The van der Waals surface area contributed by atoms with E-state index in [0.717, 1.165) is 36.5 Å². The highest BCUT2D eigenvalue weighted by Crippen LogP contribution is 2.30. The van der Waals surface area contributed by atoms with Gasteiger partial charge < -0.3 is 10.6 Å². The van der Waals surface area contributed by atoms with Gasteiger partial charge in [0.05, 0.1) is 4.88 Å². The molecule has 1 aromatic heterocycles. The first-order valence-electron chi connectivity index (χ1n) is 7.99. The molecule has 0 saturated carbocycles. The van der Waals surface area contributed by atoms with E-state index in [4.69, 9.17) is 0 Å². The van der Waals surface area contributed by atoms with Crippen LogP contribution in [0.4, 0.5) is 5.69 Å². The Labute approximate surface area is 135 Å². The lowest BCUT2D eigenvalue weighted by molar-refractivity contribution is 0.103. The van der Waals surface area contributed by atoms with Gasteiger partial charge in [-0.1, -0.05) is 19.1 Å². The number of hydrogen-bond acceptors (Lipinski definition) is 3. The maximum absolute atomic E-state index is 12.4. The van der Waals surface area contributed by atoms with E-state index in [0.29, 0.717) is 0 Å². The fraction of sp³-hybridized carbons (Fsp3) is 0.389. The van der Waals surface area contributed by atoms with Crippen LogP contribution in [0, 0.1) is 0 Å². The summed E-state index contributed by atoms with van der Waals surface area (Å²) in [5, 5.41) is 6.33.